The lowest BCUT2D eigenvalue weighted by molar-refractivity contribution is -0.146. The Balaban J connectivity index is 1.95. The highest BCUT2D eigenvalue weighted by Crippen LogP contribution is 2.23. The number of amides is 1. The molecule has 0 aliphatic rings. The Morgan fingerprint density at radius 2 is 1.85 bits per heavy atom. The Morgan fingerprint density at radius 3 is 2.48 bits per heavy atom. The highest BCUT2D eigenvalue weighted by molar-refractivity contribution is 6.33. The number of benzene rings is 2. The van der Waals surface area contributed by atoms with Crippen LogP contribution in [0.3, 0.4) is 0 Å². The first-order valence-corrected chi connectivity index (χ1v) is 8.57. The smallest absolute Gasteiger partial charge is 0.310 e. The number of esters is 1. The van der Waals surface area contributed by atoms with Crippen LogP contribution in [0.1, 0.15) is 28.4 Å². The minimum Gasteiger partial charge on any atom is -0.496 e. The van der Waals surface area contributed by atoms with Gasteiger partial charge in [0.2, 0.25) is 0 Å². The zero-order valence-corrected chi connectivity index (χ0v) is 16.1. The highest BCUT2D eigenvalue weighted by atomic mass is 35.5. The highest BCUT2D eigenvalue weighted by Gasteiger charge is 2.14. The summed E-state index contributed by atoms with van der Waals surface area (Å²) < 4.78 is 10.2. The lowest BCUT2D eigenvalue weighted by atomic mass is 10.0. The summed E-state index contributed by atoms with van der Waals surface area (Å²) in [6, 6.07) is 10.0. The van der Waals surface area contributed by atoms with Gasteiger partial charge in [0, 0.05) is 11.1 Å². The van der Waals surface area contributed by atoms with E-state index < -0.39 is 18.5 Å². The molecule has 0 heterocycles. The molecule has 27 heavy (non-hydrogen) atoms. The quantitative estimate of drug-likeness (QED) is 0.578. The molecule has 0 aliphatic heterocycles. The molecule has 0 atom stereocenters. The van der Waals surface area contributed by atoms with Gasteiger partial charge in [-0.15, -0.1) is 0 Å². The standard InChI is InChI=1S/C20H20ClNO5/c1-12-4-6-17(16(21)8-12)22-19(24)11-27-20(25)10-15-9-14(13(2)23)5-7-18(15)26-3/h4-9H,10-11H2,1-3H3,(H,22,24). The number of halogens is 1. The van der Waals surface area contributed by atoms with Gasteiger partial charge in [-0.2, -0.15) is 0 Å². The van der Waals surface area contributed by atoms with Gasteiger partial charge in [0.05, 0.1) is 24.2 Å². The second-order valence-corrected chi connectivity index (χ2v) is 6.36. The molecular weight excluding hydrogens is 370 g/mol. The molecule has 0 aromatic heterocycles. The molecule has 7 heteroatoms. The summed E-state index contributed by atoms with van der Waals surface area (Å²) in [7, 11) is 1.47. The minimum atomic E-state index is -0.612. The van der Waals surface area contributed by atoms with Crippen molar-refractivity contribution in [2.45, 2.75) is 20.3 Å². The van der Waals surface area contributed by atoms with Gasteiger partial charge < -0.3 is 14.8 Å². The van der Waals surface area contributed by atoms with E-state index in [1.165, 1.54) is 14.0 Å². The molecule has 1 N–H and O–H groups in total. The molecule has 0 radical (unpaired) electrons. The molecule has 2 aromatic rings. The SMILES string of the molecule is COc1ccc(C(C)=O)cc1CC(=O)OCC(=O)Nc1ccc(C)cc1Cl. The Kier molecular flexibility index (Phi) is 6.96. The first kappa shape index (κ1) is 20.5. The summed E-state index contributed by atoms with van der Waals surface area (Å²) in [6.07, 6.45) is -0.122. The van der Waals surface area contributed by atoms with Crippen LogP contribution in [-0.2, 0) is 20.7 Å². The number of ketones is 1. The maximum absolute atomic E-state index is 12.1. The minimum absolute atomic E-state index is 0.122. The van der Waals surface area contributed by atoms with Crippen molar-refractivity contribution in [2.24, 2.45) is 0 Å². The Morgan fingerprint density at radius 1 is 1.11 bits per heavy atom. The van der Waals surface area contributed by atoms with E-state index in [2.05, 4.69) is 5.32 Å². The summed E-state index contributed by atoms with van der Waals surface area (Å²) in [6.45, 7) is 2.87. The number of carbonyl (C=O) groups is 3. The fourth-order valence-corrected chi connectivity index (χ4v) is 2.68. The summed E-state index contributed by atoms with van der Waals surface area (Å²) in [4.78, 5) is 35.5. The molecule has 0 saturated heterocycles. The number of anilines is 1. The lowest BCUT2D eigenvalue weighted by Crippen LogP contribution is -2.22. The number of methoxy groups -OCH3 is 1. The Bertz CT molecular complexity index is 879. The second kappa shape index (κ2) is 9.19. The number of hydrogen-bond donors (Lipinski definition) is 1. The van der Waals surface area contributed by atoms with E-state index in [9.17, 15) is 14.4 Å². The number of hydrogen-bond acceptors (Lipinski definition) is 5. The van der Waals surface area contributed by atoms with Gasteiger partial charge in [0.1, 0.15) is 5.75 Å². The summed E-state index contributed by atoms with van der Waals surface area (Å²) in [5.74, 6) is -0.771. The van der Waals surface area contributed by atoms with Gasteiger partial charge in [-0.05, 0) is 49.7 Å². The van der Waals surface area contributed by atoms with E-state index in [4.69, 9.17) is 21.1 Å². The maximum Gasteiger partial charge on any atom is 0.310 e. The van der Waals surface area contributed by atoms with Crippen LogP contribution in [0.15, 0.2) is 36.4 Å². The number of ether oxygens (including phenoxy) is 2. The third kappa shape index (κ3) is 5.82. The third-order valence-corrected chi connectivity index (χ3v) is 4.10. The Hall–Kier alpha value is -2.86. The van der Waals surface area contributed by atoms with Gasteiger partial charge in [-0.1, -0.05) is 17.7 Å². The van der Waals surface area contributed by atoms with Crippen LogP contribution in [0.25, 0.3) is 0 Å². The normalized spacial score (nSPS) is 10.2. The zero-order chi connectivity index (χ0) is 20.0. The molecular formula is C20H20ClNO5. The predicted octanol–water partition coefficient (Wildman–Crippen LogP) is 3.58. The number of rotatable bonds is 7. The summed E-state index contributed by atoms with van der Waals surface area (Å²) in [5, 5.41) is 2.99. The van der Waals surface area contributed by atoms with Crippen molar-refractivity contribution >= 4 is 34.9 Å². The largest absolute Gasteiger partial charge is 0.496 e. The molecule has 0 aliphatic carbocycles. The molecule has 6 nitrogen and oxygen atoms in total. The number of carbonyl (C=O) groups excluding carboxylic acids is 3. The van der Waals surface area contributed by atoms with E-state index in [-0.39, 0.29) is 12.2 Å². The molecule has 2 aromatic carbocycles. The van der Waals surface area contributed by atoms with E-state index in [0.29, 0.717) is 27.6 Å². The first-order valence-electron chi connectivity index (χ1n) is 8.19. The maximum atomic E-state index is 12.1. The van der Waals surface area contributed by atoms with E-state index in [1.807, 2.05) is 13.0 Å². The fraction of sp³-hybridized carbons (Fsp3) is 0.250. The van der Waals surface area contributed by atoms with Gasteiger partial charge in [0.25, 0.3) is 5.91 Å². The monoisotopic (exact) mass is 389 g/mol. The molecule has 0 spiro atoms. The van der Waals surface area contributed by atoms with Crippen molar-refractivity contribution < 1.29 is 23.9 Å². The average molecular weight is 390 g/mol. The molecule has 2 rings (SSSR count). The molecule has 1 amide bonds. The van der Waals surface area contributed by atoms with Crippen LogP contribution in [-0.4, -0.2) is 31.4 Å². The van der Waals surface area contributed by atoms with E-state index >= 15 is 0 Å². The van der Waals surface area contributed by atoms with Crippen LogP contribution in [0.4, 0.5) is 5.69 Å². The lowest BCUT2D eigenvalue weighted by Gasteiger charge is -2.11. The van der Waals surface area contributed by atoms with Crippen LogP contribution in [0, 0.1) is 6.92 Å². The van der Waals surface area contributed by atoms with Gasteiger partial charge >= 0.3 is 5.97 Å². The van der Waals surface area contributed by atoms with Crippen molar-refractivity contribution in [1.29, 1.82) is 0 Å². The van der Waals surface area contributed by atoms with Gasteiger partial charge in [-0.25, -0.2) is 0 Å². The second-order valence-electron chi connectivity index (χ2n) is 5.95. The molecule has 0 unspecified atom stereocenters. The van der Waals surface area contributed by atoms with E-state index in [1.54, 1.807) is 30.3 Å². The van der Waals surface area contributed by atoms with Crippen LogP contribution < -0.4 is 10.1 Å². The van der Waals surface area contributed by atoms with E-state index in [0.717, 1.165) is 5.56 Å². The number of nitrogens with one attached hydrogen (secondary N) is 1. The molecule has 0 saturated carbocycles. The van der Waals surface area contributed by atoms with Crippen molar-refractivity contribution in [3.8, 4) is 5.75 Å². The van der Waals surface area contributed by atoms with Crippen LogP contribution in [0.2, 0.25) is 5.02 Å². The zero-order valence-electron chi connectivity index (χ0n) is 15.3. The van der Waals surface area contributed by atoms with Crippen molar-refractivity contribution in [1.82, 2.24) is 0 Å². The summed E-state index contributed by atoms with van der Waals surface area (Å²) in [5.41, 5.74) is 2.38. The van der Waals surface area contributed by atoms with Crippen molar-refractivity contribution in [3.63, 3.8) is 0 Å². The average Bonchev–Trinajstić information content (AvgIpc) is 2.62. The van der Waals surface area contributed by atoms with Gasteiger partial charge in [-0.3, -0.25) is 14.4 Å². The van der Waals surface area contributed by atoms with Crippen LogP contribution >= 0.6 is 11.6 Å². The number of Topliss-reactive ketones (excluding diaryl/α,β-unsaturated/α-hetero) is 1. The fourth-order valence-electron chi connectivity index (χ4n) is 2.40. The topological polar surface area (TPSA) is 81.7 Å². The molecule has 0 fully saturated rings. The van der Waals surface area contributed by atoms with Gasteiger partial charge in [0.15, 0.2) is 12.4 Å². The van der Waals surface area contributed by atoms with Crippen LogP contribution in [0.5, 0.6) is 5.75 Å². The molecule has 0 bridgehead atoms. The van der Waals surface area contributed by atoms with Crippen molar-refractivity contribution in [3.05, 3.63) is 58.1 Å². The summed E-state index contributed by atoms with van der Waals surface area (Å²) >= 11 is 6.05. The third-order valence-electron chi connectivity index (χ3n) is 3.78. The first-order chi connectivity index (χ1) is 12.8. The number of aryl methyl sites for hydroxylation is 1. The predicted molar refractivity (Wildman–Crippen MR) is 102 cm³/mol. The van der Waals surface area contributed by atoms with Crippen molar-refractivity contribution in [2.75, 3.05) is 19.0 Å². The Labute approximate surface area is 162 Å². The molecule has 142 valence electrons.